The minimum absolute atomic E-state index is 0. The number of rotatable bonds is 17. The molecule has 3 amide bonds. The normalized spacial score (nSPS) is 13.2. The second-order valence-corrected chi connectivity index (χ2v) is 17.7. The van der Waals surface area contributed by atoms with E-state index in [0.29, 0.717) is 29.7 Å². The number of nitrogens with one attached hydrogen (secondary N) is 1. The monoisotopic (exact) mass is 768 g/mol. The molecule has 1 aliphatic rings. The van der Waals surface area contributed by atoms with Gasteiger partial charge in [-0.2, -0.15) is 0 Å². The molecular weight excluding hydrogens is 715 g/mol. The first-order valence-corrected chi connectivity index (χ1v) is 20.5. The maximum absolute atomic E-state index is 13.1. The van der Waals surface area contributed by atoms with Gasteiger partial charge in [-0.15, -0.1) is 0 Å². The van der Waals surface area contributed by atoms with Crippen molar-refractivity contribution in [1.82, 2.24) is 4.90 Å². The van der Waals surface area contributed by atoms with Crippen molar-refractivity contribution in [2.24, 2.45) is 0 Å². The van der Waals surface area contributed by atoms with Gasteiger partial charge < -0.3 is 22.3 Å². The Morgan fingerprint density at radius 1 is 0.647 bits per heavy atom. The Morgan fingerprint density at radius 3 is 1.57 bits per heavy atom. The highest BCUT2D eigenvalue weighted by molar-refractivity contribution is 7.95. The molecule has 0 aromatic heterocycles. The van der Waals surface area contributed by atoms with Crippen molar-refractivity contribution in [3.8, 4) is 0 Å². The Kier molecular flexibility index (Phi) is 14.8. The van der Waals surface area contributed by atoms with E-state index in [1.54, 1.807) is 18.2 Å². The maximum Gasteiger partial charge on any atom is 0.263 e. The second-order valence-electron chi connectivity index (χ2n) is 14.1. The summed E-state index contributed by atoms with van der Waals surface area (Å²) in [5.41, 5.74) is 5.02. The summed E-state index contributed by atoms with van der Waals surface area (Å²) >= 11 is 0. The zero-order valence-corrected chi connectivity index (χ0v) is 33.5. The summed E-state index contributed by atoms with van der Waals surface area (Å²) in [7, 11) is -1.81. The number of imide groups is 1. The fourth-order valence-corrected chi connectivity index (χ4v) is 11.5. The molecule has 270 valence electrons. The van der Waals surface area contributed by atoms with E-state index in [2.05, 4.69) is 98.9 Å². The molecule has 5 rings (SSSR count). The van der Waals surface area contributed by atoms with Crippen LogP contribution in [0.5, 0.6) is 0 Å². The molecule has 1 atom stereocenters. The summed E-state index contributed by atoms with van der Waals surface area (Å²) in [6, 6.07) is 32.8. The van der Waals surface area contributed by atoms with Gasteiger partial charge >= 0.3 is 0 Å². The number of amides is 3. The molecule has 1 unspecified atom stereocenters. The molecular formula is C44H54BrN2O3P. The highest BCUT2D eigenvalue weighted by Crippen LogP contribution is 2.56. The number of fused-ring (bicyclic) bond motifs is 1. The minimum Gasteiger partial charge on any atom is -1.00 e. The van der Waals surface area contributed by atoms with Gasteiger partial charge in [-0.3, -0.25) is 19.3 Å². The lowest BCUT2D eigenvalue weighted by molar-refractivity contribution is -0.116. The molecule has 4 aromatic rings. The molecule has 0 saturated carbocycles. The van der Waals surface area contributed by atoms with Crippen molar-refractivity contribution in [2.75, 3.05) is 11.5 Å². The van der Waals surface area contributed by atoms with Crippen LogP contribution in [0.25, 0.3) is 0 Å². The summed E-state index contributed by atoms with van der Waals surface area (Å²) in [5, 5.41) is 7.30. The van der Waals surface area contributed by atoms with E-state index in [1.165, 1.54) is 69.6 Å². The van der Waals surface area contributed by atoms with Gasteiger partial charge in [0.2, 0.25) is 5.91 Å². The SMILES string of the molecule is CCC(C)N1C(=O)c2cccc(NC(=O)CCCCCCCCCC[P+](c3ccc(C)cc3)(c3ccc(C)cc3)c3ccc(C)cc3)c2C1=O.[Br-]. The Balaban J connectivity index is 0.00000583. The number of anilines is 1. The average molecular weight is 770 g/mol. The molecule has 0 radical (unpaired) electrons. The lowest BCUT2D eigenvalue weighted by Gasteiger charge is -2.28. The molecule has 0 fully saturated rings. The van der Waals surface area contributed by atoms with Crippen molar-refractivity contribution in [3.05, 3.63) is 119 Å². The maximum atomic E-state index is 13.1. The third-order valence-electron chi connectivity index (χ3n) is 10.3. The van der Waals surface area contributed by atoms with Crippen LogP contribution >= 0.6 is 7.26 Å². The fourth-order valence-electron chi connectivity index (χ4n) is 7.13. The van der Waals surface area contributed by atoms with Gasteiger partial charge in [0.25, 0.3) is 11.8 Å². The van der Waals surface area contributed by atoms with Crippen molar-refractivity contribution >= 4 is 46.6 Å². The third kappa shape index (κ3) is 9.45. The van der Waals surface area contributed by atoms with E-state index in [-0.39, 0.29) is 40.7 Å². The first kappa shape index (κ1) is 40.2. The van der Waals surface area contributed by atoms with Crippen LogP contribution in [0.2, 0.25) is 0 Å². The van der Waals surface area contributed by atoms with Gasteiger partial charge in [0.15, 0.2) is 0 Å². The van der Waals surface area contributed by atoms with E-state index in [0.717, 1.165) is 25.4 Å². The van der Waals surface area contributed by atoms with Gasteiger partial charge in [-0.1, -0.05) is 98.2 Å². The van der Waals surface area contributed by atoms with E-state index in [9.17, 15) is 14.4 Å². The Hall–Kier alpha value is -3.60. The van der Waals surface area contributed by atoms with Crippen LogP contribution in [0.1, 0.15) is 115 Å². The van der Waals surface area contributed by atoms with Crippen molar-refractivity contribution in [2.45, 2.75) is 105 Å². The number of hydrogen-bond acceptors (Lipinski definition) is 3. The molecule has 0 bridgehead atoms. The predicted molar refractivity (Wildman–Crippen MR) is 211 cm³/mol. The number of hydrogen-bond donors (Lipinski definition) is 1. The number of benzene rings is 4. The van der Waals surface area contributed by atoms with Gasteiger partial charge in [0, 0.05) is 12.5 Å². The Bertz CT molecular complexity index is 1660. The minimum atomic E-state index is -1.81. The standard InChI is InChI=1S/C44H53N2O3P.BrH/c1-6-35(5)46-43(48)39-16-15-17-40(42(39)44(46)49)45-41(47)18-13-11-9-7-8-10-12-14-31-50(36-25-19-32(2)20-26-36,37-27-21-33(3)22-28-37)38-29-23-34(4)24-30-38;/h15-17,19-30,35H,6-14,18,31H2,1-5H3;1H. The quantitative estimate of drug-likeness (QED) is 0.0763. The van der Waals surface area contributed by atoms with E-state index in [1.807, 2.05) is 13.8 Å². The Morgan fingerprint density at radius 2 is 1.10 bits per heavy atom. The molecule has 0 saturated heterocycles. The summed E-state index contributed by atoms with van der Waals surface area (Å²) in [6.07, 6.45) is 11.2. The summed E-state index contributed by atoms with van der Waals surface area (Å²) in [5.74, 6) is -0.702. The van der Waals surface area contributed by atoms with Crippen molar-refractivity contribution in [1.29, 1.82) is 0 Å². The highest BCUT2D eigenvalue weighted by Gasteiger charge is 2.45. The number of carbonyl (C=O) groups is 3. The van der Waals surface area contributed by atoms with Crippen LogP contribution in [0.4, 0.5) is 5.69 Å². The molecule has 1 aliphatic heterocycles. The van der Waals surface area contributed by atoms with Crippen molar-refractivity contribution < 1.29 is 31.4 Å². The summed E-state index contributed by atoms with van der Waals surface area (Å²) < 4.78 is 0. The first-order chi connectivity index (χ1) is 24.1. The number of unbranched alkanes of at least 4 members (excludes halogenated alkanes) is 7. The number of nitrogens with zero attached hydrogens (tertiary/aromatic N) is 1. The lowest BCUT2D eigenvalue weighted by atomic mass is 10.1. The average Bonchev–Trinajstić information content (AvgIpc) is 3.38. The predicted octanol–water partition coefficient (Wildman–Crippen LogP) is 6.45. The smallest absolute Gasteiger partial charge is 0.263 e. The molecule has 0 aliphatic carbocycles. The van der Waals surface area contributed by atoms with Crippen LogP contribution in [0, 0.1) is 20.8 Å². The zero-order chi connectivity index (χ0) is 35.7. The first-order valence-electron chi connectivity index (χ1n) is 18.6. The number of carbonyl (C=O) groups excluding carboxylic acids is 3. The largest absolute Gasteiger partial charge is 1.00 e. The third-order valence-corrected chi connectivity index (χ3v) is 14.8. The molecule has 7 heteroatoms. The lowest BCUT2D eigenvalue weighted by Crippen LogP contribution is -3.00. The Labute approximate surface area is 316 Å². The molecule has 51 heavy (non-hydrogen) atoms. The van der Waals surface area contributed by atoms with Crippen LogP contribution in [-0.4, -0.2) is 34.8 Å². The van der Waals surface area contributed by atoms with Crippen LogP contribution in [0.3, 0.4) is 0 Å². The van der Waals surface area contributed by atoms with E-state index in [4.69, 9.17) is 0 Å². The van der Waals surface area contributed by atoms with Gasteiger partial charge in [-0.25, -0.2) is 0 Å². The van der Waals surface area contributed by atoms with Crippen molar-refractivity contribution in [3.63, 3.8) is 0 Å². The van der Waals surface area contributed by atoms with Gasteiger partial charge in [0.1, 0.15) is 23.2 Å². The fraction of sp³-hybridized carbons (Fsp3) is 0.386. The number of halogens is 1. The van der Waals surface area contributed by atoms with Gasteiger partial charge in [0.05, 0.1) is 23.0 Å². The number of aryl methyl sites for hydroxylation is 3. The van der Waals surface area contributed by atoms with Crippen LogP contribution < -0.4 is 38.2 Å². The topological polar surface area (TPSA) is 66.5 Å². The summed E-state index contributed by atoms with van der Waals surface area (Å²) in [4.78, 5) is 40.0. The molecule has 1 heterocycles. The molecule has 5 nitrogen and oxygen atoms in total. The second kappa shape index (κ2) is 18.8. The zero-order valence-electron chi connectivity index (χ0n) is 31.0. The highest BCUT2D eigenvalue weighted by atomic mass is 79.9. The van der Waals surface area contributed by atoms with E-state index >= 15 is 0 Å². The van der Waals surface area contributed by atoms with E-state index < -0.39 is 7.26 Å². The van der Waals surface area contributed by atoms with Gasteiger partial charge in [-0.05, 0) is 102 Å². The summed E-state index contributed by atoms with van der Waals surface area (Å²) in [6.45, 7) is 10.3. The molecule has 1 N–H and O–H groups in total. The molecule has 0 spiro atoms. The van der Waals surface area contributed by atoms with Crippen LogP contribution in [-0.2, 0) is 4.79 Å². The van der Waals surface area contributed by atoms with Crippen LogP contribution in [0.15, 0.2) is 91.0 Å². The molecule has 4 aromatic carbocycles.